The number of nitrogens with zero attached hydrogens (tertiary/aromatic N) is 4. The molecule has 0 saturated carbocycles. The molecule has 0 spiro atoms. The highest BCUT2D eigenvalue weighted by atomic mass is 15.6. The van der Waals surface area contributed by atoms with E-state index in [2.05, 4.69) is 5.10 Å². The van der Waals surface area contributed by atoms with Crippen molar-refractivity contribution in [2.45, 2.75) is 6.67 Å². The van der Waals surface area contributed by atoms with Crippen molar-refractivity contribution in [3.63, 3.8) is 0 Å². The molecule has 2 rings (SSSR count). The first kappa shape index (κ1) is 8.96. The molecule has 1 aliphatic rings. The second kappa shape index (κ2) is 3.63. The number of nitrogens with two attached hydrogens (primary N) is 1. The largest absolute Gasteiger partial charge is 0.285 e. The van der Waals surface area contributed by atoms with E-state index >= 15 is 0 Å². The maximum atomic E-state index is 5.80. The molecule has 2 N–H and O–H groups in total. The molecular formula is C9H13N5+. The van der Waals surface area contributed by atoms with Gasteiger partial charge in [-0.15, -0.1) is 0 Å². The molecule has 5 nitrogen and oxygen atoms in total. The molecule has 5 heteroatoms. The van der Waals surface area contributed by atoms with Crippen LogP contribution in [0, 0.1) is 6.29 Å². The van der Waals surface area contributed by atoms with Crippen molar-refractivity contribution >= 4 is 6.34 Å². The zero-order valence-electron chi connectivity index (χ0n) is 8.04. The highest BCUT2D eigenvalue weighted by molar-refractivity contribution is 5.58. The predicted octanol–water partition coefficient (Wildman–Crippen LogP) is -0.472. The van der Waals surface area contributed by atoms with Crippen molar-refractivity contribution in [1.29, 1.82) is 0 Å². The van der Waals surface area contributed by atoms with Gasteiger partial charge in [0.1, 0.15) is 6.34 Å². The Bertz CT molecular complexity index is 323. The lowest BCUT2D eigenvalue weighted by Crippen LogP contribution is -2.47. The molecule has 0 unspecified atom stereocenters. The summed E-state index contributed by atoms with van der Waals surface area (Å²) in [7, 11) is 1.82. The van der Waals surface area contributed by atoms with Crippen LogP contribution in [0.15, 0.2) is 35.7 Å². The zero-order chi connectivity index (χ0) is 9.97. The number of pyridine rings is 1. The average Bonchev–Trinajstić information content (AvgIpc) is 2.52. The van der Waals surface area contributed by atoms with Gasteiger partial charge in [-0.2, -0.15) is 9.67 Å². The minimum absolute atomic E-state index is 0.640. The summed E-state index contributed by atoms with van der Waals surface area (Å²) >= 11 is 0. The topological polar surface area (TPSA) is 48.7 Å². The monoisotopic (exact) mass is 191 g/mol. The van der Waals surface area contributed by atoms with Crippen molar-refractivity contribution in [1.82, 2.24) is 9.91 Å². The van der Waals surface area contributed by atoms with Gasteiger partial charge < -0.3 is 0 Å². The van der Waals surface area contributed by atoms with E-state index in [4.69, 9.17) is 5.73 Å². The van der Waals surface area contributed by atoms with E-state index in [9.17, 15) is 0 Å². The molecule has 0 aromatic carbocycles. The van der Waals surface area contributed by atoms with E-state index in [1.54, 1.807) is 11.3 Å². The van der Waals surface area contributed by atoms with Gasteiger partial charge in [0.05, 0.1) is 0 Å². The summed E-state index contributed by atoms with van der Waals surface area (Å²) in [4.78, 5) is 1.88. The first-order valence-electron chi connectivity index (χ1n) is 4.38. The molecule has 0 atom stereocenters. The minimum atomic E-state index is 0.640. The van der Waals surface area contributed by atoms with Gasteiger partial charge in [0.15, 0.2) is 12.4 Å². The average molecular weight is 191 g/mol. The van der Waals surface area contributed by atoms with Gasteiger partial charge in [-0.1, -0.05) is 6.07 Å². The van der Waals surface area contributed by atoms with Gasteiger partial charge in [0.2, 0.25) is 13.0 Å². The van der Waals surface area contributed by atoms with Gasteiger partial charge in [-0.05, 0) is 0 Å². The number of rotatable bonds is 2. The van der Waals surface area contributed by atoms with Gasteiger partial charge in [0, 0.05) is 19.2 Å². The SMILES string of the molecule is CN1N=CN(C[n+]2ccccc2)[C]1N. The fraction of sp³-hybridized carbons (Fsp3) is 0.222. The van der Waals surface area contributed by atoms with Crippen LogP contribution in [0.4, 0.5) is 0 Å². The van der Waals surface area contributed by atoms with Crippen LogP contribution in [0.25, 0.3) is 0 Å². The van der Waals surface area contributed by atoms with E-state index in [1.165, 1.54) is 0 Å². The molecule has 2 heterocycles. The second-order valence-electron chi connectivity index (χ2n) is 3.11. The second-order valence-corrected chi connectivity index (χ2v) is 3.11. The molecule has 0 amide bonds. The number of hydrogen-bond donors (Lipinski definition) is 1. The summed E-state index contributed by atoms with van der Waals surface area (Å²) in [5.74, 6) is 0. The summed E-state index contributed by atoms with van der Waals surface area (Å²) in [5, 5.41) is 5.70. The van der Waals surface area contributed by atoms with Crippen LogP contribution in [-0.4, -0.2) is 23.3 Å². The van der Waals surface area contributed by atoms with Crippen molar-refractivity contribution in [3.8, 4) is 0 Å². The summed E-state index contributed by atoms with van der Waals surface area (Å²) < 4.78 is 2.03. The lowest BCUT2D eigenvalue weighted by Gasteiger charge is -2.19. The highest BCUT2D eigenvalue weighted by Crippen LogP contribution is 2.10. The Balaban J connectivity index is 2.03. The van der Waals surface area contributed by atoms with Crippen molar-refractivity contribution in [3.05, 3.63) is 36.9 Å². The Hall–Kier alpha value is -1.62. The fourth-order valence-electron chi connectivity index (χ4n) is 1.26. The molecule has 1 radical (unpaired) electrons. The lowest BCUT2D eigenvalue weighted by molar-refractivity contribution is -0.711. The maximum Gasteiger partial charge on any atom is 0.247 e. The zero-order valence-corrected chi connectivity index (χ0v) is 8.04. The summed E-state index contributed by atoms with van der Waals surface area (Å²) in [6.07, 6.45) is 6.33. The molecule has 0 bridgehead atoms. The van der Waals surface area contributed by atoms with Gasteiger partial charge in [-0.3, -0.25) is 15.6 Å². The Kier molecular flexibility index (Phi) is 2.32. The van der Waals surface area contributed by atoms with E-state index in [-0.39, 0.29) is 0 Å². The lowest BCUT2D eigenvalue weighted by atomic mass is 10.5. The molecule has 0 saturated heterocycles. The predicted molar refractivity (Wildman–Crippen MR) is 52.2 cm³/mol. The van der Waals surface area contributed by atoms with Gasteiger partial charge >= 0.3 is 0 Å². The van der Waals surface area contributed by atoms with E-state index in [0.29, 0.717) is 13.0 Å². The summed E-state index contributed by atoms with van der Waals surface area (Å²) in [6.45, 7) is 0.681. The number of hydrazone groups is 1. The Morgan fingerprint density at radius 1 is 1.36 bits per heavy atom. The summed E-state index contributed by atoms with van der Waals surface area (Å²) in [6, 6.07) is 5.94. The van der Waals surface area contributed by atoms with E-state index in [1.807, 2.05) is 47.1 Å². The fourth-order valence-corrected chi connectivity index (χ4v) is 1.26. The Morgan fingerprint density at radius 2 is 2.07 bits per heavy atom. The molecule has 1 aromatic heterocycles. The highest BCUT2D eigenvalue weighted by Gasteiger charge is 2.25. The third-order valence-electron chi connectivity index (χ3n) is 2.08. The van der Waals surface area contributed by atoms with Crippen molar-refractivity contribution in [2.75, 3.05) is 7.05 Å². The van der Waals surface area contributed by atoms with Crippen LogP contribution in [0.2, 0.25) is 0 Å². The Morgan fingerprint density at radius 3 is 2.64 bits per heavy atom. The van der Waals surface area contributed by atoms with Crippen LogP contribution >= 0.6 is 0 Å². The summed E-state index contributed by atoms with van der Waals surface area (Å²) in [5.41, 5.74) is 5.80. The van der Waals surface area contributed by atoms with Crippen molar-refractivity contribution in [2.24, 2.45) is 10.8 Å². The van der Waals surface area contributed by atoms with Crippen LogP contribution in [-0.2, 0) is 6.67 Å². The molecule has 0 aliphatic carbocycles. The van der Waals surface area contributed by atoms with Gasteiger partial charge in [-0.25, -0.2) is 0 Å². The van der Waals surface area contributed by atoms with Crippen LogP contribution in [0.3, 0.4) is 0 Å². The molecule has 14 heavy (non-hydrogen) atoms. The van der Waals surface area contributed by atoms with Crippen LogP contribution < -0.4 is 10.3 Å². The first-order chi connectivity index (χ1) is 6.77. The third-order valence-corrected chi connectivity index (χ3v) is 2.08. The molecular weight excluding hydrogens is 178 g/mol. The van der Waals surface area contributed by atoms with E-state index < -0.39 is 0 Å². The van der Waals surface area contributed by atoms with Gasteiger partial charge in [0.25, 0.3) is 0 Å². The minimum Gasteiger partial charge on any atom is -0.285 e. The first-order valence-corrected chi connectivity index (χ1v) is 4.38. The maximum absolute atomic E-state index is 5.80. The molecule has 0 fully saturated rings. The van der Waals surface area contributed by atoms with E-state index in [0.717, 1.165) is 0 Å². The quantitative estimate of drug-likeness (QED) is 0.643. The number of hydrogen-bond acceptors (Lipinski definition) is 4. The standard InChI is InChI=1S/C9H13N5/c1-12-9(10)14(7-11-12)8-13-5-3-2-4-6-13/h2-7H,8,10H2,1H3/q+1. The third kappa shape index (κ3) is 1.67. The smallest absolute Gasteiger partial charge is 0.247 e. The number of aromatic nitrogens is 1. The normalized spacial score (nSPS) is 16.7. The molecule has 1 aromatic rings. The molecule has 1 aliphatic heterocycles. The van der Waals surface area contributed by atoms with Crippen LogP contribution in [0.5, 0.6) is 0 Å². The Labute approximate surface area is 83.0 Å². The van der Waals surface area contributed by atoms with Crippen molar-refractivity contribution < 1.29 is 4.57 Å². The molecule has 73 valence electrons. The van der Waals surface area contributed by atoms with Crippen LogP contribution in [0.1, 0.15) is 0 Å².